The highest BCUT2D eigenvalue weighted by Gasteiger charge is 2.15. The van der Waals surface area contributed by atoms with E-state index in [2.05, 4.69) is 10.6 Å². The van der Waals surface area contributed by atoms with Gasteiger partial charge in [-0.1, -0.05) is 24.3 Å². The van der Waals surface area contributed by atoms with E-state index in [-0.39, 0.29) is 23.5 Å². The minimum absolute atomic E-state index is 0.0729. The summed E-state index contributed by atoms with van der Waals surface area (Å²) in [6, 6.07) is 9.32. The van der Waals surface area contributed by atoms with Crippen molar-refractivity contribution in [1.82, 2.24) is 5.32 Å². The Balaban J connectivity index is 1.95. The number of urea groups is 1. The highest BCUT2D eigenvalue weighted by molar-refractivity contribution is 5.89. The molecule has 3 N–H and O–H groups in total. The van der Waals surface area contributed by atoms with Crippen molar-refractivity contribution in [3.63, 3.8) is 0 Å². The van der Waals surface area contributed by atoms with E-state index in [1.165, 1.54) is 36.4 Å². The summed E-state index contributed by atoms with van der Waals surface area (Å²) < 4.78 is 13.5. The Kier molecular flexibility index (Phi) is 5.43. The Morgan fingerprint density at radius 2 is 2.04 bits per heavy atom. The van der Waals surface area contributed by atoms with Crippen LogP contribution in [0.1, 0.15) is 17.2 Å². The third kappa shape index (κ3) is 4.26. The first-order valence-electron chi connectivity index (χ1n) is 7.11. The van der Waals surface area contributed by atoms with Crippen molar-refractivity contribution >= 4 is 17.4 Å². The number of aliphatic hydroxyl groups excluding tert-OH is 1. The third-order valence-corrected chi connectivity index (χ3v) is 3.38. The van der Waals surface area contributed by atoms with Crippen molar-refractivity contribution in [2.45, 2.75) is 13.0 Å². The van der Waals surface area contributed by atoms with Gasteiger partial charge in [0.2, 0.25) is 0 Å². The summed E-state index contributed by atoms with van der Waals surface area (Å²) in [5.41, 5.74) is 0.675. The van der Waals surface area contributed by atoms with Crippen molar-refractivity contribution < 1.29 is 19.2 Å². The SMILES string of the molecule is Cc1ccc(NC(=O)NC[C@H](O)c2ccccc2F)cc1[N+](=O)[O-]. The number of nitrogens with zero attached hydrogens (tertiary/aromatic N) is 1. The molecule has 2 aromatic carbocycles. The first-order valence-corrected chi connectivity index (χ1v) is 7.11. The highest BCUT2D eigenvalue weighted by atomic mass is 19.1. The van der Waals surface area contributed by atoms with Crippen molar-refractivity contribution in [3.8, 4) is 0 Å². The smallest absolute Gasteiger partial charge is 0.319 e. The van der Waals surface area contributed by atoms with Crippen LogP contribution in [0.3, 0.4) is 0 Å². The predicted octanol–water partition coefficient (Wildman–Crippen LogP) is 2.90. The van der Waals surface area contributed by atoms with Crippen LogP contribution in [-0.2, 0) is 0 Å². The summed E-state index contributed by atoms with van der Waals surface area (Å²) in [6.07, 6.45) is -1.20. The number of halogens is 1. The molecule has 0 aromatic heterocycles. The van der Waals surface area contributed by atoms with Gasteiger partial charge in [0.05, 0.1) is 11.0 Å². The largest absolute Gasteiger partial charge is 0.386 e. The molecule has 0 radical (unpaired) electrons. The summed E-state index contributed by atoms with van der Waals surface area (Å²) in [4.78, 5) is 22.1. The molecule has 1 atom stereocenters. The molecule has 0 aliphatic heterocycles. The monoisotopic (exact) mass is 333 g/mol. The van der Waals surface area contributed by atoms with Crippen LogP contribution in [0.2, 0.25) is 0 Å². The van der Waals surface area contributed by atoms with E-state index >= 15 is 0 Å². The lowest BCUT2D eigenvalue weighted by atomic mass is 10.1. The summed E-state index contributed by atoms with van der Waals surface area (Å²) >= 11 is 0. The van der Waals surface area contributed by atoms with E-state index < -0.39 is 22.9 Å². The normalized spacial score (nSPS) is 11.6. The maximum absolute atomic E-state index is 13.5. The van der Waals surface area contributed by atoms with Gasteiger partial charge in [-0.25, -0.2) is 9.18 Å². The highest BCUT2D eigenvalue weighted by Crippen LogP contribution is 2.22. The van der Waals surface area contributed by atoms with Crippen molar-refractivity contribution in [1.29, 1.82) is 0 Å². The molecule has 2 amide bonds. The van der Waals surface area contributed by atoms with E-state index in [1.54, 1.807) is 13.0 Å². The van der Waals surface area contributed by atoms with Crippen LogP contribution in [-0.4, -0.2) is 22.6 Å². The fourth-order valence-corrected chi connectivity index (χ4v) is 2.10. The number of nitro groups is 1. The first-order chi connectivity index (χ1) is 11.4. The van der Waals surface area contributed by atoms with Gasteiger partial charge in [-0.05, 0) is 19.1 Å². The lowest BCUT2D eigenvalue weighted by molar-refractivity contribution is -0.385. The van der Waals surface area contributed by atoms with E-state index in [4.69, 9.17) is 0 Å². The van der Waals surface area contributed by atoms with Gasteiger partial charge in [0.25, 0.3) is 5.69 Å². The molecule has 7 nitrogen and oxygen atoms in total. The number of anilines is 1. The molecule has 24 heavy (non-hydrogen) atoms. The van der Waals surface area contributed by atoms with Crippen molar-refractivity contribution in [3.05, 3.63) is 69.5 Å². The summed E-state index contributed by atoms with van der Waals surface area (Å²) in [6.45, 7) is 1.38. The number of aryl methyl sites for hydroxylation is 1. The fourth-order valence-electron chi connectivity index (χ4n) is 2.10. The second-order valence-corrected chi connectivity index (χ2v) is 5.13. The van der Waals surface area contributed by atoms with Gasteiger partial charge in [-0.2, -0.15) is 0 Å². The Hall–Kier alpha value is -3.00. The fraction of sp³-hybridized carbons (Fsp3) is 0.188. The molecular weight excluding hydrogens is 317 g/mol. The Labute approximate surface area is 137 Å². The van der Waals surface area contributed by atoms with Gasteiger partial charge in [0, 0.05) is 29.4 Å². The third-order valence-electron chi connectivity index (χ3n) is 3.38. The Morgan fingerprint density at radius 3 is 2.71 bits per heavy atom. The molecule has 0 heterocycles. The minimum Gasteiger partial charge on any atom is -0.386 e. The number of carbonyl (C=O) groups excluding carboxylic acids is 1. The van der Waals surface area contributed by atoms with Gasteiger partial charge < -0.3 is 15.7 Å². The molecule has 0 saturated heterocycles. The number of benzene rings is 2. The van der Waals surface area contributed by atoms with Crippen molar-refractivity contribution in [2.24, 2.45) is 0 Å². The van der Waals surface area contributed by atoms with Gasteiger partial charge >= 0.3 is 6.03 Å². The quantitative estimate of drug-likeness (QED) is 0.578. The molecule has 126 valence electrons. The average Bonchev–Trinajstić information content (AvgIpc) is 2.54. The number of carbonyl (C=O) groups is 1. The van der Waals surface area contributed by atoms with E-state index in [0.29, 0.717) is 5.56 Å². The number of aliphatic hydroxyl groups is 1. The Bertz CT molecular complexity index is 767. The van der Waals surface area contributed by atoms with Crippen LogP contribution in [0, 0.1) is 22.9 Å². The van der Waals surface area contributed by atoms with E-state index in [9.17, 15) is 24.4 Å². The van der Waals surface area contributed by atoms with Crippen LogP contribution >= 0.6 is 0 Å². The average molecular weight is 333 g/mol. The minimum atomic E-state index is -1.20. The maximum atomic E-state index is 13.5. The summed E-state index contributed by atoms with van der Waals surface area (Å²) in [7, 11) is 0. The second kappa shape index (κ2) is 7.51. The predicted molar refractivity (Wildman–Crippen MR) is 86.2 cm³/mol. The van der Waals surface area contributed by atoms with E-state index in [0.717, 1.165) is 0 Å². The lowest BCUT2D eigenvalue weighted by Gasteiger charge is -2.13. The number of hydrogen-bond acceptors (Lipinski definition) is 4. The Morgan fingerprint density at radius 1 is 1.33 bits per heavy atom. The van der Waals surface area contributed by atoms with Gasteiger partial charge in [0.1, 0.15) is 5.82 Å². The molecule has 8 heteroatoms. The molecule has 0 fully saturated rings. The van der Waals surface area contributed by atoms with Crippen molar-refractivity contribution in [2.75, 3.05) is 11.9 Å². The molecule has 0 saturated carbocycles. The van der Waals surface area contributed by atoms with Crippen LogP contribution in [0.15, 0.2) is 42.5 Å². The van der Waals surface area contributed by atoms with Gasteiger partial charge in [0.15, 0.2) is 0 Å². The molecule has 2 rings (SSSR count). The number of nitrogens with one attached hydrogen (secondary N) is 2. The molecule has 0 spiro atoms. The van der Waals surface area contributed by atoms with Gasteiger partial charge in [-0.3, -0.25) is 10.1 Å². The first kappa shape index (κ1) is 17.4. The van der Waals surface area contributed by atoms with Gasteiger partial charge in [-0.15, -0.1) is 0 Å². The standard InChI is InChI=1S/C16H16FN3O4/c1-10-6-7-11(8-14(10)20(23)24)19-16(22)18-9-15(21)12-4-2-3-5-13(12)17/h2-8,15,21H,9H2,1H3,(H2,18,19,22)/t15-/m0/s1. The molecule has 0 aliphatic carbocycles. The zero-order valence-corrected chi connectivity index (χ0v) is 12.8. The van der Waals surface area contributed by atoms with Crippen LogP contribution < -0.4 is 10.6 Å². The van der Waals surface area contributed by atoms with Crippen LogP contribution in [0.4, 0.5) is 20.6 Å². The molecule has 0 aliphatic rings. The zero-order chi connectivity index (χ0) is 17.7. The number of rotatable bonds is 5. The summed E-state index contributed by atoms with van der Waals surface area (Å²) in [5.74, 6) is -0.568. The second-order valence-electron chi connectivity index (χ2n) is 5.13. The van der Waals surface area contributed by atoms with Crippen LogP contribution in [0.5, 0.6) is 0 Å². The summed E-state index contributed by atoms with van der Waals surface area (Å²) in [5, 5.41) is 25.6. The number of amides is 2. The lowest BCUT2D eigenvalue weighted by Crippen LogP contribution is -2.32. The molecule has 2 aromatic rings. The molecule has 0 unspecified atom stereocenters. The maximum Gasteiger partial charge on any atom is 0.319 e. The topological polar surface area (TPSA) is 104 Å². The number of nitro benzene ring substituents is 1. The number of hydrogen-bond donors (Lipinski definition) is 3. The molecular formula is C16H16FN3O4. The zero-order valence-electron chi connectivity index (χ0n) is 12.8. The van der Waals surface area contributed by atoms with E-state index in [1.807, 2.05) is 0 Å². The molecule has 0 bridgehead atoms. The van der Waals surface area contributed by atoms with Crippen LogP contribution in [0.25, 0.3) is 0 Å².